The zero-order valence-electron chi connectivity index (χ0n) is 21.4. The molecule has 1 aliphatic rings. The number of pyridine rings is 1. The normalized spacial score (nSPS) is 15.2. The van der Waals surface area contributed by atoms with Crippen molar-refractivity contribution in [2.24, 2.45) is 5.92 Å². The highest BCUT2D eigenvalue weighted by Gasteiger charge is 2.22. The Morgan fingerprint density at radius 2 is 1.81 bits per heavy atom. The topological polar surface area (TPSA) is 77.2 Å². The van der Waals surface area contributed by atoms with Crippen molar-refractivity contribution in [3.05, 3.63) is 71.1 Å². The van der Waals surface area contributed by atoms with Gasteiger partial charge < -0.3 is 14.8 Å². The molecule has 36 heavy (non-hydrogen) atoms. The van der Waals surface area contributed by atoms with Crippen LogP contribution in [-0.2, 0) is 6.42 Å². The summed E-state index contributed by atoms with van der Waals surface area (Å²) < 4.78 is 21.5. The molecule has 190 valence electrons. The summed E-state index contributed by atoms with van der Waals surface area (Å²) in [6, 6.07) is 8.29. The molecule has 0 amide bonds. The zero-order chi connectivity index (χ0) is 25.7. The smallest absolute Gasteiger partial charge is 0.225 e. The molecular weight excluding hydrogens is 457 g/mol. The Morgan fingerprint density at radius 3 is 2.39 bits per heavy atom. The molecule has 0 radical (unpaired) electrons. The number of benzene rings is 1. The lowest BCUT2D eigenvalue weighted by atomic mass is 9.98. The van der Waals surface area contributed by atoms with E-state index >= 15 is 0 Å². The van der Waals surface area contributed by atoms with E-state index in [1.54, 1.807) is 45.2 Å². The van der Waals surface area contributed by atoms with Gasteiger partial charge in [-0.05, 0) is 61.1 Å². The van der Waals surface area contributed by atoms with Gasteiger partial charge in [-0.15, -0.1) is 0 Å². The fourth-order valence-corrected chi connectivity index (χ4v) is 3.98. The Kier molecular flexibility index (Phi) is 7.82. The standard InChI is InChI=1S/C28H34FN5O2/c1-5-20-15-31-27(32-16-20)33-12-10-21(11-13-33)19-36-23-7-9-26(30-17-23)24-8-6-22(14-25(24)29)18-34(35)28(2,3)4/h6-9,14-18,21H,5,10-13,19H2,1-4H3/b34-18-. The monoisotopic (exact) mass is 491 g/mol. The van der Waals surface area contributed by atoms with Crippen LogP contribution in [0.4, 0.5) is 10.3 Å². The first-order valence-corrected chi connectivity index (χ1v) is 12.5. The lowest BCUT2D eigenvalue weighted by Gasteiger charge is -2.31. The van der Waals surface area contributed by atoms with Gasteiger partial charge in [-0.3, -0.25) is 4.98 Å². The number of halogens is 1. The van der Waals surface area contributed by atoms with E-state index in [9.17, 15) is 9.60 Å². The minimum atomic E-state index is -0.585. The summed E-state index contributed by atoms with van der Waals surface area (Å²) in [5.41, 5.74) is 1.97. The first kappa shape index (κ1) is 25.5. The minimum absolute atomic E-state index is 0.383. The predicted molar refractivity (Wildman–Crippen MR) is 140 cm³/mol. The molecule has 1 aliphatic heterocycles. The van der Waals surface area contributed by atoms with Gasteiger partial charge in [-0.1, -0.05) is 6.92 Å². The van der Waals surface area contributed by atoms with Crippen LogP contribution in [0, 0.1) is 16.9 Å². The molecule has 0 saturated carbocycles. The summed E-state index contributed by atoms with van der Waals surface area (Å²) in [7, 11) is 0. The van der Waals surface area contributed by atoms with E-state index in [1.165, 1.54) is 12.3 Å². The molecule has 2 aromatic heterocycles. The number of rotatable bonds is 7. The van der Waals surface area contributed by atoms with E-state index in [1.807, 2.05) is 18.5 Å². The summed E-state index contributed by atoms with van der Waals surface area (Å²) in [4.78, 5) is 15.6. The maximum atomic E-state index is 14.7. The van der Waals surface area contributed by atoms with E-state index < -0.39 is 11.4 Å². The maximum absolute atomic E-state index is 14.7. The summed E-state index contributed by atoms with van der Waals surface area (Å²) >= 11 is 0. The molecule has 1 fully saturated rings. The summed E-state index contributed by atoms with van der Waals surface area (Å²) in [5.74, 6) is 1.49. The van der Waals surface area contributed by atoms with Crippen molar-refractivity contribution in [2.45, 2.75) is 52.5 Å². The Balaban J connectivity index is 1.30. The van der Waals surface area contributed by atoms with Crippen LogP contribution < -0.4 is 9.64 Å². The molecule has 3 heterocycles. The third-order valence-corrected chi connectivity index (χ3v) is 6.42. The molecule has 4 rings (SSSR count). The van der Waals surface area contributed by atoms with Crippen LogP contribution >= 0.6 is 0 Å². The molecule has 0 unspecified atom stereocenters. The fourth-order valence-electron chi connectivity index (χ4n) is 3.98. The second-order valence-corrected chi connectivity index (χ2v) is 10.2. The van der Waals surface area contributed by atoms with Crippen molar-refractivity contribution in [3.8, 4) is 17.0 Å². The number of piperidine rings is 1. The van der Waals surface area contributed by atoms with Crippen molar-refractivity contribution < 1.29 is 13.9 Å². The van der Waals surface area contributed by atoms with E-state index in [-0.39, 0.29) is 0 Å². The van der Waals surface area contributed by atoms with E-state index in [2.05, 4.69) is 26.8 Å². The maximum Gasteiger partial charge on any atom is 0.225 e. The summed E-state index contributed by atoms with van der Waals surface area (Å²) in [5, 5.41) is 12.1. The van der Waals surface area contributed by atoms with Gasteiger partial charge in [0.1, 0.15) is 11.6 Å². The van der Waals surface area contributed by atoms with Crippen molar-refractivity contribution in [1.82, 2.24) is 15.0 Å². The minimum Gasteiger partial charge on any atom is -0.623 e. The van der Waals surface area contributed by atoms with E-state index in [0.717, 1.165) is 48.6 Å². The van der Waals surface area contributed by atoms with Crippen LogP contribution in [-0.4, -0.2) is 51.1 Å². The number of nitrogens with zero attached hydrogens (tertiary/aromatic N) is 5. The van der Waals surface area contributed by atoms with Gasteiger partial charge in [0.05, 0.1) is 18.5 Å². The number of anilines is 1. The highest BCUT2D eigenvalue weighted by atomic mass is 19.1. The Bertz CT molecular complexity index is 1180. The first-order valence-electron chi connectivity index (χ1n) is 12.5. The molecule has 0 atom stereocenters. The lowest BCUT2D eigenvalue weighted by molar-refractivity contribution is -0.530. The van der Waals surface area contributed by atoms with E-state index in [4.69, 9.17) is 4.74 Å². The van der Waals surface area contributed by atoms with Gasteiger partial charge in [0, 0.05) is 57.4 Å². The highest BCUT2D eigenvalue weighted by Crippen LogP contribution is 2.25. The lowest BCUT2D eigenvalue weighted by Crippen LogP contribution is -2.36. The molecule has 7 nitrogen and oxygen atoms in total. The largest absolute Gasteiger partial charge is 0.623 e. The van der Waals surface area contributed by atoms with Crippen LogP contribution in [0.15, 0.2) is 48.9 Å². The van der Waals surface area contributed by atoms with Crippen molar-refractivity contribution in [1.29, 1.82) is 0 Å². The van der Waals surface area contributed by atoms with Crippen LogP contribution in [0.1, 0.15) is 51.7 Å². The summed E-state index contributed by atoms with van der Waals surface area (Å²) in [6.45, 7) is 9.94. The second-order valence-electron chi connectivity index (χ2n) is 10.2. The molecule has 3 aromatic rings. The predicted octanol–water partition coefficient (Wildman–Crippen LogP) is 5.26. The average molecular weight is 492 g/mol. The van der Waals surface area contributed by atoms with E-state index in [0.29, 0.717) is 35.1 Å². The Hall–Kier alpha value is -3.55. The van der Waals surface area contributed by atoms with Crippen molar-refractivity contribution in [2.75, 3.05) is 24.6 Å². The third kappa shape index (κ3) is 6.36. The molecule has 1 saturated heterocycles. The molecule has 0 aliphatic carbocycles. The first-order chi connectivity index (χ1) is 17.2. The van der Waals surface area contributed by atoms with Crippen LogP contribution in [0.3, 0.4) is 0 Å². The molecular formula is C28H34FN5O2. The van der Waals surface area contributed by atoms with Crippen LogP contribution in [0.2, 0.25) is 0 Å². The number of aromatic nitrogens is 3. The quantitative estimate of drug-likeness (QED) is 0.194. The van der Waals surface area contributed by atoms with Gasteiger partial charge in [0.15, 0.2) is 11.8 Å². The van der Waals surface area contributed by atoms with Crippen LogP contribution in [0.25, 0.3) is 11.3 Å². The highest BCUT2D eigenvalue weighted by molar-refractivity contribution is 5.77. The fraction of sp³-hybridized carbons (Fsp3) is 0.429. The number of hydroxylamine groups is 1. The molecule has 8 heteroatoms. The Labute approximate surface area is 212 Å². The SMILES string of the molecule is CCc1cnc(N2CCC(COc3ccc(-c4ccc(/C=[N+](\[O-])C(C)(C)C)cc4F)nc3)CC2)nc1. The van der Waals surface area contributed by atoms with Gasteiger partial charge in [0.25, 0.3) is 0 Å². The second kappa shape index (κ2) is 11.0. The molecule has 0 spiro atoms. The zero-order valence-corrected chi connectivity index (χ0v) is 21.4. The number of ether oxygens (including phenoxy) is 1. The number of hydrogen-bond acceptors (Lipinski definition) is 6. The van der Waals surface area contributed by atoms with Crippen molar-refractivity contribution >= 4 is 12.2 Å². The number of hydrogen-bond donors (Lipinski definition) is 0. The molecule has 0 N–H and O–H groups in total. The van der Waals surface area contributed by atoms with Gasteiger partial charge in [-0.2, -0.15) is 0 Å². The molecule has 0 bridgehead atoms. The summed E-state index contributed by atoms with van der Waals surface area (Å²) in [6.07, 6.45) is 9.79. The van der Waals surface area contributed by atoms with Gasteiger partial charge in [-0.25, -0.2) is 19.1 Å². The number of aryl methyl sites for hydroxylation is 1. The average Bonchev–Trinajstić information content (AvgIpc) is 2.88. The van der Waals surface area contributed by atoms with Gasteiger partial charge in [0.2, 0.25) is 5.95 Å². The van der Waals surface area contributed by atoms with Gasteiger partial charge >= 0.3 is 0 Å². The molecule has 1 aromatic carbocycles. The third-order valence-electron chi connectivity index (χ3n) is 6.42. The van der Waals surface area contributed by atoms with Crippen molar-refractivity contribution in [3.63, 3.8) is 0 Å². The Morgan fingerprint density at radius 1 is 1.08 bits per heavy atom. The van der Waals surface area contributed by atoms with Crippen LogP contribution in [0.5, 0.6) is 5.75 Å².